The molecule has 0 aromatic carbocycles. The number of carbonyl (C=O) groups excluding carboxylic acids is 1. The summed E-state index contributed by atoms with van der Waals surface area (Å²) in [4.78, 5) is 16.0. The van der Waals surface area contributed by atoms with Gasteiger partial charge in [-0.25, -0.2) is 4.98 Å². The van der Waals surface area contributed by atoms with Gasteiger partial charge >= 0.3 is 0 Å². The molecular weight excluding hydrogens is 313 g/mol. The number of nitrogens with zero attached hydrogens (tertiary/aromatic N) is 1. The van der Waals surface area contributed by atoms with E-state index in [1.165, 1.54) is 0 Å². The highest BCUT2D eigenvalue weighted by Gasteiger charge is 2.21. The molecule has 18 heavy (non-hydrogen) atoms. The molecule has 2 heterocycles. The van der Waals surface area contributed by atoms with Gasteiger partial charge in [0.2, 0.25) is 5.91 Å². The SMILES string of the molecule is Cc1nc(CCNC(=O)C2CSCN2)cs1.Cl.Cl. The zero-order chi connectivity index (χ0) is 11.4. The van der Waals surface area contributed by atoms with Crippen LogP contribution in [0.25, 0.3) is 0 Å². The maximum atomic E-state index is 11.6. The Morgan fingerprint density at radius 2 is 2.39 bits per heavy atom. The molecule has 1 saturated heterocycles. The van der Waals surface area contributed by atoms with Crippen LogP contribution in [0.4, 0.5) is 0 Å². The summed E-state index contributed by atoms with van der Waals surface area (Å²) in [5.74, 6) is 1.86. The molecule has 0 aliphatic carbocycles. The van der Waals surface area contributed by atoms with E-state index in [1.807, 2.05) is 12.3 Å². The summed E-state index contributed by atoms with van der Waals surface area (Å²) in [5.41, 5.74) is 1.07. The maximum absolute atomic E-state index is 11.6. The number of nitrogens with one attached hydrogen (secondary N) is 2. The summed E-state index contributed by atoms with van der Waals surface area (Å²) in [6, 6.07) is -0.0119. The Morgan fingerprint density at radius 3 is 2.94 bits per heavy atom. The van der Waals surface area contributed by atoms with Crippen LogP contribution in [0.2, 0.25) is 0 Å². The third-order valence-corrected chi connectivity index (χ3v) is 4.14. The summed E-state index contributed by atoms with van der Waals surface area (Å²) in [7, 11) is 0. The fourth-order valence-electron chi connectivity index (χ4n) is 1.52. The highest BCUT2D eigenvalue weighted by Crippen LogP contribution is 2.10. The van der Waals surface area contributed by atoms with Crippen molar-refractivity contribution in [1.82, 2.24) is 15.6 Å². The standard InChI is InChI=1S/C10H15N3OS2.2ClH/c1-7-13-8(4-16-7)2-3-11-10(14)9-5-15-6-12-9;;/h4,9,12H,2-3,5-6H2,1H3,(H,11,14);2*1H. The van der Waals surface area contributed by atoms with Crippen LogP contribution in [-0.2, 0) is 11.2 Å². The average Bonchev–Trinajstić information content (AvgIpc) is 2.89. The molecule has 0 saturated carbocycles. The molecule has 4 nitrogen and oxygen atoms in total. The number of halogens is 2. The minimum absolute atomic E-state index is 0. The minimum Gasteiger partial charge on any atom is -0.354 e. The van der Waals surface area contributed by atoms with Gasteiger partial charge in [-0.3, -0.25) is 10.1 Å². The molecule has 1 amide bonds. The minimum atomic E-state index is -0.0119. The van der Waals surface area contributed by atoms with Gasteiger partial charge in [0, 0.05) is 30.0 Å². The van der Waals surface area contributed by atoms with E-state index in [9.17, 15) is 4.79 Å². The van der Waals surface area contributed by atoms with E-state index >= 15 is 0 Å². The second-order valence-electron chi connectivity index (χ2n) is 3.67. The van der Waals surface area contributed by atoms with E-state index in [0.717, 1.165) is 28.8 Å². The van der Waals surface area contributed by atoms with Gasteiger partial charge in [0.1, 0.15) is 0 Å². The maximum Gasteiger partial charge on any atom is 0.238 e. The Balaban J connectivity index is 0.00000144. The number of thioether (sulfide) groups is 1. The summed E-state index contributed by atoms with van der Waals surface area (Å²) in [6.45, 7) is 2.66. The van der Waals surface area contributed by atoms with Crippen LogP contribution in [-0.4, -0.2) is 35.1 Å². The van der Waals surface area contributed by atoms with Crippen molar-refractivity contribution in [1.29, 1.82) is 0 Å². The molecule has 1 atom stereocenters. The first-order valence-corrected chi connectivity index (χ1v) is 7.29. The monoisotopic (exact) mass is 329 g/mol. The van der Waals surface area contributed by atoms with Gasteiger partial charge in [0.25, 0.3) is 0 Å². The summed E-state index contributed by atoms with van der Waals surface area (Å²) >= 11 is 3.41. The van der Waals surface area contributed by atoms with Gasteiger partial charge in [-0.05, 0) is 6.92 Å². The van der Waals surface area contributed by atoms with E-state index < -0.39 is 0 Å². The summed E-state index contributed by atoms with van der Waals surface area (Å²) < 4.78 is 0. The van der Waals surface area contributed by atoms with Gasteiger partial charge in [-0.2, -0.15) is 0 Å². The van der Waals surface area contributed by atoms with E-state index in [-0.39, 0.29) is 36.8 Å². The van der Waals surface area contributed by atoms with Gasteiger partial charge in [0.15, 0.2) is 0 Å². The predicted molar refractivity (Wildman–Crippen MR) is 82.3 cm³/mol. The Kier molecular flexibility index (Phi) is 8.98. The number of thiazole rings is 1. The number of rotatable bonds is 4. The van der Waals surface area contributed by atoms with Crippen LogP contribution in [0, 0.1) is 6.92 Å². The molecular formula is C10H17Cl2N3OS2. The third kappa shape index (κ3) is 5.32. The van der Waals surface area contributed by atoms with Crippen LogP contribution < -0.4 is 10.6 Å². The Hall–Kier alpha value is -0.0100. The van der Waals surface area contributed by atoms with Crippen LogP contribution >= 0.6 is 47.9 Å². The second kappa shape index (κ2) is 8.98. The molecule has 0 bridgehead atoms. The van der Waals surface area contributed by atoms with Crippen molar-refractivity contribution in [2.24, 2.45) is 0 Å². The van der Waals surface area contributed by atoms with Gasteiger partial charge in [0.05, 0.1) is 16.7 Å². The van der Waals surface area contributed by atoms with Crippen LogP contribution in [0.15, 0.2) is 5.38 Å². The van der Waals surface area contributed by atoms with Crippen LogP contribution in [0.1, 0.15) is 10.7 Å². The topological polar surface area (TPSA) is 54.0 Å². The van der Waals surface area contributed by atoms with E-state index in [4.69, 9.17) is 0 Å². The lowest BCUT2D eigenvalue weighted by Crippen LogP contribution is -2.42. The summed E-state index contributed by atoms with van der Waals surface area (Å²) in [6.07, 6.45) is 0.815. The fraction of sp³-hybridized carbons (Fsp3) is 0.600. The molecule has 2 N–H and O–H groups in total. The predicted octanol–water partition coefficient (Wildman–Crippen LogP) is 1.62. The van der Waals surface area contributed by atoms with E-state index in [1.54, 1.807) is 23.1 Å². The Bertz CT molecular complexity index is 370. The number of aryl methyl sites for hydroxylation is 1. The van der Waals surface area contributed by atoms with Crippen LogP contribution in [0.5, 0.6) is 0 Å². The number of amides is 1. The summed E-state index contributed by atoms with van der Waals surface area (Å²) in [5, 5.41) is 9.20. The number of carbonyl (C=O) groups is 1. The average molecular weight is 330 g/mol. The van der Waals surface area contributed by atoms with Crippen molar-refractivity contribution < 1.29 is 4.79 Å². The van der Waals surface area contributed by atoms with Crippen molar-refractivity contribution in [3.63, 3.8) is 0 Å². The molecule has 1 aliphatic heterocycles. The molecule has 1 aromatic heterocycles. The number of aromatic nitrogens is 1. The van der Waals surface area contributed by atoms with Gasteiger partial charge < -0.3 is 5.32 Å². The highest BCUT2D eigenvalue weighted by molar-refractivity contribution is 7.99. The van der Waals surface area contributed by atoms with Crippen molar-refractivity contribution in [3.8, 4) is 0 Å². The fourth-order valence-corrected chi connectivity index (χ4v) is 3.11. The zero-order valence-electron chi connectivity index (χ0n) is 9.97. The molecule has 1 aromatic rings. The smallest absolute Gasteiger partial charge is 0.238 e. The van der Waals surface area contributed by atoms with Gasteiger partial charge in [-0.1, -0.05) is 0 Å². The molecule has 1 aliphatic rings. The van der Waals surface area contributed by atoms with Crippen molar-refractivity contribution in [3.05, 3.63) is 16.1 Å². The Labute approximate surface area is 128 Å². The highest BCUT2D eigenvalue weighted by atomic mass is 35.5. The lowest BCUT2D eigenvalue weighted by atomic mass is 10.3. The lowest BCUT2D eigenvalue weighted by Gasteiger charge is -2.09. The van der Waals surface area contributed by atoms with Crippen LogP contribution in [0.3, 0.4) is 0 Å². The largest absolute Gasteiger partial charge is 0.354 e. The number of hydrogen-bond donors (Lipinski definition) is 2. The molecule has 8 heteroatoms. The normalized spacial score (nSPS) is 17.7. The first-order chi connectivity index (χ1) is 7.75. The molecule has 0 spiro atoms. The van der Waals surface area contributed by atoms with Gasteiger partial charge in [-0.15, -0.1) is 47.9 Å². The number of hydrogen-bond acceptors (Lipinski definition) is 5. The third-order valence-electron chi connectivity index (χ3n) is 2.38. The lowest BCUT2D eigenvalue weighted by molar-refractivity contribution is -0.122. The Morgan fingerprint density at radius 1 is 1.61 bits per heavy atom. The molecule has 2 rings (SSSR count). The second-order valence-corrected chi connectivity index (χ2v) is 5.76. The molecule has 1 fully saturated rings. The van der Waals surface area contributed by atoms with E-state index in [2.05, 4.69) is 15.6 Å². The van der Waals surface area contributed by atoms with Crippen molar-refractivity contribution in [2.75, 3.05) is 18.2 Å². The first kappa shape index (κ1) is 18.0. The molecule has 1 unspecified atom stereocenters. The van der Waals surface area contributed by atoms with E-state index in [0.29, 0.717) is 6.54 Å². The quantitative estimate of drug-likeness (QED) is 0.881. The first-order valence-electron chi connectivity index (χ1n) is 5.25. The van der Waals surface area contributed by atoms with Crippen molar-refractivity contribution >= 4 is 53.8 Å². The molecule has 0 radical (unpaired) electrons. The zero-order valence-corrected chi connectivity index (χ0v) is 13.2. The molecule has 104 valence electrons. The van der Waals surface area contributed by atoms with Crippen molar-refractivity contribution in [2.45, 2.75) is 19.4 Å².